The van der Waals surface area contributed by atoms with Crippen LogP contribution in [0.2, 0.25) is 0 Å². The van der Waals surface area contributed by atoms with Crippen LogP contribution in [0.15, 0.2) is 41.3 Å². The minimum absolute atomic E-state index is 0.0105. The largest absolute Gasteiger partial charge is 0.506 e. The van der Waals surface area contributed by atoms with E-state index in [0.29, 0.717) is 65.7 Å². The van der Waals surface area contributed by atoms with E-state index < -0.39 is 6.10 Å². The zero-order valence-corrected chi connectivity index (χ0v) is 27.9. The molecule has 2 aromatic heterocycles. The number of aromatic hydroxyl groups is 1. The van der Waals surface area contributed by atoms with Crippen molar-refractivity contribution in [2.24, 2.45) is 0 Å². The average molecular weight is 669 g/mol. The first-order chi connectivity index (χ1) is 22.1. The van der Waals surface area contributed by atoms with Gasteiger partial charge in [0.15, 0.2) is 0 Å². The van der Waals surface area contributed by atoms with Crippen LogP contribution in [-0.2, 0) is 17.7 Å². The van der Waals surface area contributed by atoms with E-state index >= 15 is 0 Å². The minimum Gasteiger partial charge on any atom is -0.506 e. The third-order valence-corrected chi connectivity index (χ3v) is 11.3. The molecule has 9 nitrogen and oxygen atoms in total. The smallest absolute Gasteiger partial charge is 0.305 e. The number of morpholine rings is 1. The maximum absolute atomic E-state index is 14.6. The standard InChI is InChI=1S/C34H41FN4O5S2/c1-21(2)31-36-18-28(45-31)32(42)39-13-14-44-34(20-39)9-11-38(12-10-34)19-23-15-22(16-24(35)17-23)5-3-4-6-26(40)25-7-8-27(41)29-30(25)46-33(43)37-29/h7-8,15-18,21,26,40-41H,3-6,9-14,19-20H2,1-2H3,(H,37,43)/t26-/m0/s1. The van der Waals surface area contributed by atoms with Gasteiger partial charge in [-0.1, -0.05) is 43.7 Å². The number of aromatic nitrogens is 2. The van der Waals surface area contributed by atoms with Crippen molar-refractivity contribution >= 4 is 38.8 Å². The Bertz CT molecular complexity index is 1740. The Morgan fingerprint density at radius 2 is 1.91 bits per heavy atom. The van der Waals surface area contributed by atoms with Gasteiger partial charge in [-0.25, -0.2) is 9.37 Å². The van der Waals surface area contributed by atoms with Gasteiger partial charge >= 0.3 is 4.87 Å². The number of nitrogens with zero attached hydrogens (tertiary/aromatic N) is 3. The van der Waals surface area contributed by atoms with Gasteiger partial charge in [0.05, 0.1) is 40.8 Å². The van der Waals surface area contributed by atoms with Gasteiger partial charge in [-0.3, -0.25) is 14.5 Å². The molecule has 2 aliphatic rings. The van der Waals surface area contributed by atoms with E-state index in [9.17, 15) is 24.2 Å². The van der Waals surface area contributed by atoms with Gasteiger partial charge in [-0.15, -0.1) is 11.3 Å². The van der Waals surface area contributed by atoms with E-state index in [1.807, 2.05) is 4.90 Å². The molecule has 0 saturated carbocycles. The molecular formula is C34H41FN4O5S2. The summed E-state index contributed by atoms with van der Waals surface area (Å²) in [5.74, 6) is 0.0744. The molecule has 4 heterocycles. The van der Waals surface area contributed by atoms with Gasteiger partial charge in [-0.2, -0.15) is 0 Å². The third-order valence-electron chi connectivity index (χ3n) is 9.09. The number of aliphatic hydroxyl groups is 1. The maximum atomic E-state index is 14.6. The summed E-state index contributed by atoms with van der Waals surface area (Å²) in [6, 6.07) is 8.41. The van der Waals surface area contributed by atoms with E-state index in [1.165, 1.54) is 17.4 Å². The predicted octanol–water partition coefficient (Wildman–Crippen LogP) is 5.97. The lowest BCUT2D eigenvalue weighted by molar-refractivity contribution is -0.127. The van der Waals surface area contributed by atoms with Crippen molar-refractivity contribution < 1.29 is 24.1 Å². The van der Waals surface area contributed by atoms with Crippen LogP contribution in [0.5, 0.6) is 5.75 Å². The molecule has 2 fully saturated rings. The maximum Gasteiger partial charge on any atom is 0.305 e. The van der Waals surface area contributed by atoms with E-state index in [4.69, 9.17) is 4.74 Å². The lowest BCUT2D eigenvalue weighted by Gasteiger charge is -2.47. The molecule has 2 aliphatic heterocycles. The lowest BCUT2D eigenvalue weighted by Crippen LogP contribution is -2.57. The highest BCUT2D eigenvalue weighted by molar-refractivity contribution is 7.16. The third kappa shape index (κ3) is 7.36. The molecule has 0 aliphatic carbocycles. The molecule has 2 aromatic carbocycles. The number of thiazole rings is 2. The Balaban J connectivity index is 0.989. The Morgan fingerprint density at radius 1 is 1.13 bits per heavy atom. The number of rotatable bonds is 10. The monoisotopic (exact) mass is 668 g/mol. The summed E-state index contributed by atoms with van der Waals surface area (Å²) in [5, 5.41) is 21.8. The topological polar surface area (TPSA) is 119 Å². The molecule has 6 rings (SSSR count). The molecule has 246 valence electrons. The summed E-state index contributed by atoms with van der Waals surface area (Å²) in [5.41, 5.74) is 2.51. The zero-order chi connectivity index (χ0) is 32.4. The number of amides is 1. The Kier molecular flexibility index (Phi) is 9.91. The quantitative estimate of drug-likeness (QED) is 0.178. The first kappa shape index (κ1) is 32.8. The summed E-state index contributed by atoms with van der Waals surface area (Å²) in [4.78, 5) is 36.8. The SMILES string of the molecule is CC(C)c1ncc(C(=O)N2CCOC3(CCN(Cc4cc(F)cc(CCCC[C@H](O)c5ccc(O)c6[nH]c(=O)sc56)c4)CC3)C2)s1. The van der Waals surface area contributed by atoms with E-state index in [-0.39, 0.29) is 27.9 Å². The molecule has 2 saturated heterocycles. The predicted molar refractivity (Wildman–Crippen MR) is 178 cm³/mol. The number of fused-ring (bicyclic) bond motifs is 1. The second-order valence-electron chi connectivity index (χ2n) is 12.9. The van der Waals surface area contributed by atoms with Crippen LogP contribution < -0.4 is 4.87 Å². The van der Waals surface area contributed by atoms with Gasteiger partial charge in [0.1, 0.15) is 22.0 Å². The lowest BCUT2D eigenvalue weighted by atomic mass is 9.89. The number of phenolic OH excluding ortho intramolecular Hbond substituents is 1. The molecule has 12 heteroatoms. The van der Waals surface area contributed by atoms with Crippen LogP contribution in [0, 0.1) is 5.82 Å². The van der Waals surface area contributed by atoms with Crippen LogP contribution >= 0.6 is 22.7 Å². The molecular weight excluding hydrogens is 628 g/mol. The zero-order valence-electron chi connectivity index (χ0n) is 26.3. The van der Waals surface area contributed by atoms with Crippen molar-refractivity contribution in [3.8, 4) is 5.75 Å². The molecule has 3 N–H and O–H groups in total. The fourth-order valence-corrected chi connectivity index (χ4v) is 8.39. The summed E-state index contributed by atoms with van der Waals surface area (Å²) < 4.78 is 21.5. The second kappa shape index (κ2) is 13.9. The van der Waals surface area contributed by atoms with Crippen molar-refractivity contribution in [1.82, 2.24) is 19.8 Å². The number of carbonyl (C=O) groups is 1. The van der Waals surface area contributed by atoms with Crippen LogP contribution in [0.1, 0.15) is 89.3 Å². The van der Waals surface area contributed by atoms with Crippen molar-refractivity contribution in [2.75, 3.05) is 32.8 Å². The Hall–Kier alpha value is -3.16. The number of phenols is 1. The van der Waals surface area contributed by atoms with Crippen molar-refractivity contribution in [3.05, 3.63) is 78.6 Å². The highest BCUT2D eigenvalue weighted by atomic mass is 32.1. The Labute approximate surface area is 275 Å². The minimum atomic E-state index is -0.760. The molecule has 1 spiro atoms. The van der Waals surface area contributed by atoms with Crippen molar-refractivity contribution in [2.45, 2.75) is 76.5 Å². The van der Waals surface area contributed by atoms with Crippen LogP contribution in [0.3, 0.4) is 0 Å². The molecule has 1 atom stereocenters. The van der Waals surface area contributed by atoms with Crippen molar-refractivity contribution in [1.29, 1.82) is 0 Å². The fraction of sp³-hybridized carbons (Fsp3) is 0.500. The Morgan fingerprint density at radius 3 is 2.67 bits per heavy atom. The molecule has 46 heavy (non-hydrogen) atoms. The number of H-pyrrole nitrogens is 1. The first-order valence-corrected chi connectivity index (χ1v) is 17.6. The van der Waals surface area contributed by atoms with Gasteiger partial charge in [0, 0.05) is 37.7 Å². The van der Waals surface area contributed by atoms with Gasteiger partial charge in [0.25, 0.3) is 5.91 Å². The van der Waals surface area contributed by atoms with Gasteiger partial charge < -0.3 is 24.8 Å². The number of piperidine rings is 1. The molecule has 0 unspecified atom stereocenters. The van der Waals surface area contributed by atoms with Crippen LogP contribution in [-0.4, -0.2) is 74.3 Å². The molecule has 0 bridgehead atoms. The van der Waals surface area contributed by atoms with Gasteiger partial charge in [0.2, 0.25) is 0 Å². The number of benzene rings is 2. The van der Waals surface area contributed by atoms with Crippen LogP contribution in [0.4, 0.5) is 4.39 Å². The number of carbonyl (C=O) groups excluding carboxylic acids is 1. The number of aliphatic hydroxyl groups excluding tert-OH is 1. The number of likely N-dealkylation sites (tertiary alicyclic amines) is 1. The highest BCUT2D eigenvalue weighted by Crippen LogP contribution is 2.34. The first-order valence-electron chi connectivity index (χ1n) is 16.0. The number of nitrogens with one attached hydrogen (secondary N) is 1. The molecule has 1 amide bonds. The number of hydrogen-bond donors (Lipinski definition) is 3. The number of aromatic amines is 1. The van der Waals surface area contributed by atoms with E-state index in [0.717, 1.165) is 66.2 Å². The number of ether oxygens (including phenoxy) is 1. The van der Waals surface area contributed by atoms with Crippen LogP contribution in [0.25, 0.3) is 10.2 Å². The molecule has 4 aromatic rings. The van der Waals surface area contributed by atoms with E-state index in [2.05, 4.69) is 34.8 Å². The summed E-state index contributed by atoms with van der Waals surface area (Å²) >= 11 is 2.46. The highest BCUT2D eigenvalue weighted by Gasteiger charge is 2.41. The number of hydrogen-bond acceptors (Lipinski definition) is 9. The van der Waals surface area contributed by atoms with E-state index in [1.54, 1.807) is 24.4 Å². The van der Waals surface area contributed by atoms with Gasteiger partial charge in [-0.05, 0) is 61.4 Å². The fourth-order valence-electron chi connectivity index (χ4n) is 6.58. The summed E-state index contributed by atoms with van der Waals surface area (Å²) in [7, 11) is 0. The normalized spacial score (nSPS) is 17.7. The second-order valence-corrected chi connectivity index (χ2v) is 14.9. The van der Waals surface area contributed by atoms with Crippen molar-refractivity contribution in [3.63, 3.8) is 0 Å². The average Bonchev–Trinajstić information content (AvgIpc) is 3.68. The summed E-state index contributed by atoms with van der Waals surface area (Å²) in [6.07, 6.45) is 5.27. The molecule has 0 radical (unpaired) electrons. The number of unbranched alkanes of at least 4 members (excludes halogenated alkanes) is 1. The summed E-state index contributed by atoms with van der Waals surface area (Å²) in [6.45, 7) is 8.12. The number of aryl methyl sites for hydroxylation is 1. The number of halogens is 1.